The number of nitrogens with zero attached hydrogens (tertiary/aromatic N) is 3. The Morgan fingerprint density at radius 2 is 1.78 bits per heavy atom. The highest BCUT2D eigenvalue weighted by Gasteiger charge is 2.14. The summed E-state index contributed by atoms with van der Waals surface area (Å²) in [4.78, 5) is 13.4. The van der Waals surface area contributed by atoms with E-state index >= 15 is 0 Å². The van der Waals surface area contributed by atoms with E-state index in [4.69, 9.17) is 0 Å². The Hall–Kier alpha value is -2.80. The molecular weight excluding hydrogens is 286 g/mol. The number of aryl methyl sites for hydroxylation is 2. The Morgan fingerprint density at radius 3 is 2.30 bits per heavy atom. The molecular formula is C19H21N3O. The molecule has 118 valence electrons. The van der Waals surface area contributed by atoms with Crippen molar-refractivity contribution in [3.05, 3.63) is 58.4 Å². The van der Waals surface area contributed by atoms with E-state index in [9.17, 15) is 10.1 Å². The van der Waals surface area contributed by atoms with Crippen LogP contribution in [0.5, 0.6) is 0 Å². The number of hydrogen-bond donors (Lipinski definition) is 0. The molecule has 4 heteroatoms. The third-order valence-corrected chi connectivity index (χ3v) is 3.82. The molecule has 1 aromatic carbocycles. The van der Waals surface area contributed by atoms with Gasteiger partial charge in [-0.1, -0.05) is 17.7 Å². The summed E-state index contributed by atoms with van der Waals surface area (Å²) in [5, 5.41) is 9.25. The molecule has 0 aliphatic carbocycles. The number of aromatic nitrogens is 1. The highest BCUT2D eigenvalue weighted by atomic mass is 16.2. The number of nitriles is 1. The first-order chi connectivity index (χ1) is 10.8. The van der Waals surface area contributed by atoms with Gasteiger partial charge in [0, 0.05) is 31.2 Å². The van der Waals surface area contributed by atoms with Crippen molar-refractivity contribution in [2.45, 2.75) is 20.8 Å². The van der Waals surface area contributed by atoms with Gasteiger partial charge in [0.25, 0.3) is 5.91 Å². The normalized spacial score (nSPS) is 11.2. The second-order valence-corrected chi connectivity index (χ2v) is 5.87. The van der Waals surface area contributed by atoms with Crippen LogP contribution in [-0.2, 0) is 4.79 Å². The van der Waals surface area contributed by atoms with Gasteiger partial charge in [-0.2, -0.15) is 5.26 Å². The lowest BCUT2D eigenvalue weighted by atomic mass is 10.1. The van der Waals surface area contributed by atoms with Crippen LogP contribution in [0.1, 0.15) is 22.5 Å². The molecule has 2 rings (SSSR count). The number of carbonyl (C=O) groups is 1. The number of amides is 1. The molecule has 0 radical (unpaired) electrons. The molecule has 0 atom stereocenters. The minimum absolute atomic E-state index is 0.138. The summed E-state index contributed by atoms with van der Waals surface area (Å²) in [6.07, 6.45) is 1.66. The molecule has 4 nitrogen and oxygen atoms in total. The number of benzene rings is 1. The van der Waals surface area contributed by atoms with Gasteiger partial charge < -0.3 is 9.47 Å². The maximum absolute atomic E-state index is 12.0. The molecule has 0 aliphatic heterocycles. The van der Waals surface area contributed by atoms with E-state index in [-0.39, 0.29) is 11.5 Å². The van der Waals surface area contributed by atoms with Gasteiger partial charge in [-0.25, -0.2) is 0 Å². The molecule has 2 aromatic rings. The van der Waals surface area contributed by atoms with E-state index in [1.54, 1.807) is 20.2 Å². The summed E-state index contributed by atoms with van der Waals surface area (Å²) >= 11 is 0. The zero-order chi connectivity index (χ0) is 17.1. The lowest BCUT2D eigenvalue weighted by Crippen LogP contribution is -2.22. The van der Waals surface area contributed by atoms with Gasteiger partial charge >= 0.3 is 0 Å². The van der Waals surface area contributed by atoms with Crippen molar-refractivity contribution in [3.63, 3.8) is 0 Å². The van der Waals surface area contributed by atoms with Crippen LogP contribution in [-0.4, -0.2) is 29.5 Å². The average molecular weight is 307 g/mol. The molecule has 0 saturated carbocycles. The topological polar surface area (TPSA) is 49.0 Å². The lowest BCUT2D eigenvalue weighted by molar-refractivity contribution is -0.124. The predicted molar refractivity (Wildman–Crippen MR) is 92.3 cm³/mol. The molecule has 0 fully saturated rings. The van der Waals surface area contributed by atoms with Crippen LogP contribution in [0.25, 0.3) is 11.8 Å². The highest BCUT2D eigenvalue weighted by Crippen LogP contribution is 2.23. The van der Waals surface area contributed by atoms with Crippen LogP contribution < -0.4 is 0 Å². The van der Waals surface area contributed by atoms with Crippen molar-refractivity contribution < 1.29 is 4.79 Å². The van der Waals surface area contributed by atoms with Crippen LogP contribution in [0.15, 0.2) is 35.9 Å². The monoisotopic (exact) mass is 307 g/mol. The van der Waals surface area contributed by atoms with Crippen LogP contribution in [0.4, 0.5) is 0 Å². The second kappa shape index (κ2) is 6.53. The number of rotatable bonds is 3. The molecule has 0 aliphatic rings. The predicted octanol–water partition coefficient (Wildman–Crippen LogP) is 3.40. The first kappa shape index (κ1) is 16.6. The van der Waals surface area contributed by atoms with Crippen LogP contribution in [0.3, 0.4) is 0 Å². The van der Waals surface area contributed by atoms with Crippen molar-refractivity contribution in [3.8, 4) is 11.8 Å². The number of carbonyl (C=O) groups excluding carboxylic acids is 1. The molecule has 0 saturated heterocycles. The maximum atomic E-state index is 12.0. The minimum Gasteiger partial charge on any atom is -0.344 e. The van der Waals surface area contributed by atoms with Crippen molar-refractivity contribution >= 4 is 12.0 Å². The fraction of sp³-hybridized carbons (Fsp3) is 0.263. The molecule has 1 aromatic heterocycles. The lowest BCUT2D eigenvalue weighted by Gasteiger charge is -2.10. The van der Waals surface area contributed by atoms with E-state index < -0.39 is 0 Å². The first-order valence-corrected chi connectivity index (χ1v) is 7.44. The Balaban J connectivity index is 2.51. The quantitative estimate of drug-likeness (QED) is 0.644. The SMILES string of the molecule is Cc1ccc(-n2c(C)cc(C=C(C#N)C(=O)N(C)C)c2C)cc1. The molecule has 0 spiro atoms. The second-order valence-electron chi connectivity index (χ2n) is 5.87. The van der Waals surface area contributed by atoms with Gasteiger partial charge in [0.2, 0.25) is 0 Å². The van der Waals surface area contributed by atoms with Crippen LogP contribution in [0, 0.1) is 32.1 Å². The fourth-order valence-corrected chi connectivity index (χ4v) is 2.56. The van der Waals surface area contributed by atoms with E-state index in [1.807, 2.05) is 26.0 Å². The molecule has 0 N–H and O–H groups in total. The van der Waals surface area contributed by atoms with Gasteiger partial charge in [0.1, 0.15) is 11.6 Å². The fourth-order valence-electron chi connectivity index (χ4n) is 2.56. The van der Waals surface area contributed by atoms with Gasteiger partial charge in [-0.15, -0.1) is 0 Å². The largest absolute Gasteiger partial charge is 0.344 e. The van der Waals surface area contributed by atoms with Crippen LogP contribution in [0.2, 0.25) is 0 Å². The van der Waals surface area contributed by atoms with E-state index in [1.165, 1.54) is 10.5 Å². The summed E-state index contributed by atoms with van der Waals surface area (Å²) in [5.74, 6) is -0.285. The molecule has 1 amide bonds. The molecule has 1 heterocycles. The van der Waals surface area contributed by atoms with Gasteiger partial charge in [0.05, 0.1) is 0 Å². The Morgan fingerprint density at radius 1 is 1.17 bits per heavy atom. The van der Waals surface area contributed by atoms with Gasteiger partial charge in [-0.05, 0) is 50.6 Å². The summed E-state index contributed by atoms with van der Waals surface area (Å²) in [6, 6.07) is 12.3. The third-order valence-electron chi connectivity index (χ3n) is 3.82. The zero-order valence-corrected chi connectivity index (χ0v) is 14.2. The minimum atomic E-state index is -0.285. The van der Waals surface area contributed by atoms with Crippen molar-refractivity contribution in [1.29, 1.82) is 5.26 Å². The maximum Gasteiger partial charge on any atom is 0.264 e. The Bertz CT molecular complexity index is 802. The third kappa shape index (κ3) is 3.35. The summed E-state index contributed by atoms with van der Waals surface area (Å²) in [5.41, 5.74) is 5.37. The summed E-state index contributed by atoms with van der Waals surface area (Å²) in [7, 11) is 3.28. The summed E-state index contributed by atoms with van der Waals surface area (Å²) < 4.78 is 2.13. The van der Waals surface area contributed by atoms with Gasteiger partial charge in [-0.3, -0.25) is 4.79 Å². The standard InChI is InChI=1S/C19H21N3O/c1-13-6-8-18(9-7-13)22-14(2)10-16(15(22)3)11-17(12-20)19(23)21(4)5/h6-11H,1-5H3. The molecule has 23 heavy (non-hydrogen) atoms. The summed E-state index contributed by atoms with van der Waals surface area (Å²) in [6.45, 7) is 6.07. The van der Waals surface area contributed by atoms with Crippen molar-refractivity contribution in [2.75, 3.05) is 14.1 Å². The van der Waals surface area contributed by atoms with E-state index in [0.29, 0.717) is 0 Å². The van der Waals surface area contributed by atoms with Crippen molar-refractivity contribution in [2.24, 2.45) is 0 Å². The average Bonchev–Trinajstić information content (AvgIpc) is 2.79. The molecule has 0 bridgehead atoms. The number of likely N-dealkylation sites (N-methyl/N-ethyl adjacent to an activating group) is 1. The van der Waals surface area contributed by atoms with Crippen LogP contribution >= 0.6 is 0 Å². The smallest absolute Gasteiger partial charge is 0.264 e. The molecule has 0 unspecified atom stereocenters. The van der Waals surface area contributed by atoms with E-state index in [2.05, 4.69) is 35.8 Å². The zero-order valence-electron chi connectivity index (χ0n) is 14.2. The number of hydrogen-bond acceptors (Lipinski definition) is 2. The highest BCUT2D eigenvalue weighted by molar-refractivity contribution is 6.01. The first-order valence-electron chi connectivity index (χ1n) is 7.44. The van der Waals surface area contributed by atoms with Crippen molar-refractivity contribution in [1.82, 2.24) is 9.47 Å². The Kier molecular flexibility index (Phi) is 4.71. The van der Waals surface area contributed by atoms with Gasteiger partial charge in [0.15, 0.2) is 0 Å². The Labute approximate surface area is 137 Å². The van der Waals surface area contributed by atoms with E-state index in [0.717, 1.165) is 22.6 Å².